The number of thioether (sulfide) groups is 1. The van der Waals surface area contributed by atoms with Gasteiger partial charge in [-0.1, -0.05) is 16.8 Å². The lowest BCUT2D eigenvalue weighted by Crippen LogP contribution is -2.14. The van der Waals surface area contributed by atoms with E-state index in [9.17, 15) is 0 Å². The molecule has 2 rings (SSSR count). The molecular weight excluding hydrogens is 272 g/mol. The Morgan fingerprint density at radius 2 is 1.90 bits per heavy atom. The summed E-state index contributed by atoms with van der Waals surface area (Å²) in [5, 5.41) is 11.9. The van der Waals surface area contributed by atoms with Crippen LogP contribution in [0, 0.1) is 6.92 Å². The van der Waals surface area contributed by atoms with Gasteiger partial charge in [0.05, 0.1) is 5.56 Å². The van der Waals surface area contributed by atoms with Crippen LogP contribution in [0.4, 0.5) is 0 Å². The molecule has 0 radical (unpaired) electrons. The summed E-state index contributed by atoms with van der Waals surface area (Å²) in [7, 11) is 0. The number of amidine groups is 1. The molecule has 20 heavy (non-hydrogen) atoms. The Morgan fingerprint density at radius 3 is 2.50 bits per heavy atom. The Balaban J connectivity index is 2.32. The van der Waals surface area contributed by atoms with Gasteiger partial charge in [-0.3, -0.25) is 0 Å². The van der Waals surface area contributed by atoms with E-state index in [0.717, 1.165) is 10.5 Å². The summed E-state index contributed by atoms with van der Waals surface area (Å²) in [4.78, 5) is 1.16. The van der Waals surface area contributed by atoms with Gasteiger partial charge >= 0.3 is 0 Å². The minimum Gasteiger partial charge on any atom is -0.457 e. The van der Waals surface area contributed by atoms with Crippen LogP contribution in [0.3, 0.4) is 0 Å². The molecule has 0 aromatic heterocycles. The van der Waals surface area contributed by atoms with Crippen molar-refractivity contribution in [2.24, 2.45) is 10.9 Å². The normalized spacial score (nSPS) is 11.4. The Kier molecular flexibility index (Phi) is 4.53. The van der Waals surface area contributed by atoms with Crippen molar-refractivity contribution in [3.05, 3.63) is 53.6 Å². The van der Waals surface area contributed by atoms with Crippen LogP contribution in [0.25, 0.3) is 0 Å². The first-order chi connectivity index (χ1) is 9.63. The fraction of sp³-hybridized carbons (Fsp3) is 0.133. The Bertz CT molecular complexity index is 624. The zero-order valence-corrected chi connectivity index (χ0v) is 12.1. The lowest BCUT2D eigenvalue weighted by molar-refractivity contribution is 0.318. The van der Waals surface area contributed by atoms with Gasteiger partial charge in [0.1, 0.15) is 11.5 Å². The van der Waals surface area contributed by atoms with Crippen molar-refractivity contribution in [2.75, 3.05) is 6.26 Å². The number of benzene rings is 2. The fourth-order valence-corrected chi connectivity index (χ4v) is 2.17. The van der Waals surface area contributed by atoms with Crippen molar-refractivity contribution in [3.63, 3.8) is 0 Å². The van der Waals surface area contributed by atoms with E-state index < -0.39 is 0 Å². The number of aryl methyl sites for hydroxylation is 1. The highest BCUT2D eigenvalue weighted by atomic mass is 32.2. The summed E-state index contributed by atoms with van der Waals surface area (Å²) in [6.07, 6.45) is 2.02. The summed E-state index contributed by atoms with van der Waals surface area (Å²) in [6, 6.07) is 13.3. The van der Waals surface area contributed by atoms with Gasteiger partial charge in [-0.2, -0.15) is 0 Å². The molecule has 0 aliphatic carbocycles. The molecule has 0 aliphatic rings. The second-order valence-corrected chi connectivity index (χ2v) is 5.14. The first-order valence-corrected chi connectivity index (χ1v) is 7.27. The number of oxime groups is 1. The van der Waals surface area contributed by atoms with Gasteiger partial charge in [0, 0.05) is 4.90 Å². The highest BCUT2D eigenvalue weighted by Gasteiger charge is 2.09. The monoisotopic (exact) mass is 288 g/mol. The van der Waals surface area contributed by atoms with Crippen LogP contribution >= 0.6 is 11.8 Å². The van der Waals surface area contributed by atoms with Crippen molar-refractivity contribution in [1.29, 1.82) is 0 Å². The van der Waals surface area contributed by atoms with Crippen LogP contribution < -0.4 is 10.5 Å². The molecule has 0 amide bonds. The van der Waals surface area contributed by atoms with E-state index in [0.29, 0.717) is 17.1 Å². The molecule has 5 heteroatoms. The van der Waals surface area contributed by atoms with Gasteiger partial charge in [0.15, 0.2) is 5.84 Å². The molecule has 0 spiro atoms. The van der Waals surface area contributed by atoms with Gasteiger partial charge in [-0.15, -0.1) is 11.8 Å². The number of nitrogens with two attached hydrogens (primary N) is 1. The van der Waals surface area contributed by atoms with Crippen LogP contribution in [-0.2, 0) is 0 Å². The Hall–Kier alpha value is -2.14. The predicted octanol–water partition coefficient (Wildman–Crippen LogP) is 3.60. The number of rotatable bonds is 4. The smallest absolute Gasteiger partial charge is 0.173 e. The van der Waals surface area contributed by atoms with Crippen LogP contribution in [0.1, 0.15) is 11.1 Å². The zero-order chi connectivity index (χ0) is 14.5. The highest BCUT2D eigenvalue weighted by Crippen LogP contribution is 2.27. The molecule has 0 atom stereocenters. The highest BCUT2D eigenvalue weighted by molar-refractivity contribution is 7.98. The number of ether oxygens (including phenoxy) is 1. The maximum atomic E-state index is 8.84. The van der Waals surface area contributed by atoms with Crippen LogP contribution in [0.2, 0.25) is 0 Å². The molecule has 0 heterocycles. The number of nitrogens with zero attached hydrogens (tertiary/aromatic N) is 1. The first kappa shape index (κ1) is 14.3. The molecule has 0 saturated carbocycles. The van der Waals surface area contributed by atoms with E-state index in [1.807, 2.05) is 55.6 Å². The number of hydrogen-bond donors (Lipinski definition) is 2. The van der Waals surface area contributed by atoms with Crippen molar-refractivity contribution >= 4 is 17.6 Å². The fourth-order valence-electron chi connectivity index (χ4n) is 1.76. The molecule has 104 valence electrons. The molecule has 0 fully saturated rings. The van der Waals surface area contributed by atoms with Gasteiger partial charge in [0.2, 0.25) is 0 Å². The maximum absolute atomic E-state index is 8.84. The molecular formula is C15H16N2O2S. The largest absolute Gasteiger partial charge is 0.457 e. The second kappa shape index (κ2) is 6.34. The topological polar surface area (TPSA) is 67.8 Å². The van der Waals surface area contributed by atoms with E-state index in [-0.39, 0.29) is 5.84 Å². The average Bonchev–Trinajstić information content (AvgIpc) is 2.49. The SMILES string of the molecule is CSc1ccc(Oc2ccc(C)cc2/C(N)=N/O)cc1. The van der Waals surface area contributed by atoms with Crippen LogP contribution in [-0.4, -0.2) is 17.3 Å². The van der Waals surface area contributed by atoms with E-state index in [1.54, 1.807) is 11.8 Å². The van der Waals surface area contributed by atoms with Gasteiger partial charge < -0.3 is 15.7 Å². The van der Waals surface area contributed by atoms with Crippen molar-refractivity contribution in [2.45, 2.75) is 11.8 Å². The van der Waals surface area contributed by atoms with Gasteiger partial charge in [-0.05, 0) is 49.6 Å². The lowest BCUT2D eigenvalue weighted by Gasteiger charge is -2.11. The van der Waals surface area contributed by atoms with Crippen molar-refractivity contribution in [1.82, 2.24) is 0 Å². The molecule has 3 N–H and O–H groups in total. The lowest BCUT2D eigenvalue weighted by atomic mass is 10.1. The van der Waals surface area contributed by atoms with E-state index in [2.05, 4.69) is 5.16 Å². The summed E-state index contributed by atoms with van der Waals surface area (Å²) in [5.74, 6) is 1.30. The quantitative estimate of drug-likeness (QED) is 0.296. The third kappa shape index (κ3) is 3.24. The molecule has 0 unspecified atom stereocenters. The van der Waals surface area contributed by atoms with Crippen LogP contribution in [0.15, 0.2) is 52.5 Å². The van der Waals surface area contributed by atoms with E-state index in [4.69, 9.17) is 15.7 Å². The molecule has 0 bridgehead atoms. The zero-order valence-electron chi connectivity index (χ0n) is 11.3. The van der Waals surface area contributed by atoms with Crippen molar-refractivity contribution in [3.8, 4) is 11.5 Å². The predicted molar refractivity (Wildman–Crippen MR) is 82.0 cm³/mol. The van der Waals surface area contributed by atoms with E-state index in [1.165, 1.54) is 0 Å². The second-order valence-electron chi connectivity index (χ2n) is 4.26. The molecule has 0 saturated heterocycles. The number of hydrogen-bond acceptors (Lipinski definition) is 4. The molecule has 0 aliphatic heterocycles. The summed E-state index contributed by atoms with van der Waals surface area (Å²) in [5.41, 5.74) is 7.26. The third-order valence-electron chi connectivity index (χ3n) is 2.81. The van der Waals surface area contributed by atoms with Crippen LogP contribution in [0.5, 0.6) is 11.5 Å². The Labute approximate surface area is 122 Å². The Morgan fingerprint density at radius 1 is 1.20 bits per heavy atom. The van der Waals surface area contributed by atoms with E-state index >= 15 is 0 Å². The standard InChI is InChI=1S/C15H16N2O2S/c1-10-3-8-14(13(9-10)15(16)17-18)19-11-4-6-12(20-2)7-5-11/h3-9,18H,1-2H3,(H2,16,17). The first-order valence-electron chi connectivity index (χ1n) is 6.04. The maximum Gasteiger partial charge on any atom is 0.173 e. The van der Waals surface area contributed by atoms with Crippen molar-refractivity contribution < 1.29 is 9.94 Å². The van der Waals surface area contributed by atoms with Gasteiger partial charge in [0.25, 0.3) is 0 Å². The molecule has 4 nitrogen and oxygen atoms in total. The van der Waals surface area contributed by atoms with Gasteiger partial charge in [-0.25, -0.2) is 0 Å². The summed E-state index contributed by atoms with van der Waals surface area (Å²) < 4.78 is 5.81. The molecule has 2 aromatic carbocycles. The molecule has 2 aromatic rings. The minimum absolute atomic E-state index is 0.0319. The average molecular weight is 288 g/mol. The summed E-state index contributed by atoms with van der Waals surface area (Å²) >= 11 is 1.67. The third-order valence-corrected chi connectivity index (χ3v) is 3.55. The summed E-state index contributed by atoms with van der Waals surface area (Å²) in [6.45, 7) is 1.94. The minimum atomic E-state index is 0.0319.